The Bertz CT molecular complexity index is 994. The molecule has 1 unspecified atom stereocenters. The van der Waals surface area contributed by atoms with E-state index in [1.165, 1.54) is 5.56 Å². The molecule has 2 aromatic carbocycles. The largest absolute Gasteiger partial charge is 0.324 e. The molecule has 24 heavy (non-hydrogen) atoms. The number of aromatic nitrogens is 4. The summed E-state index contributed by atoms with van der Waals surface area (Å²) in [6, 6.07) is 18.7. The zero-order chi connectivity index (χ0) is 16.5. The zero-order valence-corrected chi connectivity index (χ0v) is 14.5. The predicted octanol–water partition coefficient (Wildman–Crippen LogP) is 4.85. The van der Waals surface area contributed by atoms with Crippen LogP contribution in [-0.2, 0) is 6.54 Å². The summed E-state index contributed by atoms with van der Waals surface area (Å²) in [5, 5.41) is 10.9. The summed E-state index contributed by atoms with van der Waals surface area (Å²) in [5.74, 6) is 0. The van der Waals surface area contributed by atoms with E-state index in [1.54, 1.807) is 11.8 Å². The first-order valence-electron chi connectivity index (χ1n) is 8.11. The first-order valence-corrected chi connectivity index (χ1v) is 8.99. The molecule has 4 aromatic rings. The van der Waals surface area contributed by atoms with Crippen LogP contribution in [0.5, 0.6) is 0 Å². The van der Waals surface area contributed by atoms with Crippen molar-refractivity contribution in [1.29, 1.82) is 0 Å². The van der Waals surface area contributed by atoms with Crippen LogP contribution in [0, 0.1) is 0 Å². The minimum absolute atomic E-state index is 0.282. The van der Waals surface area contributed by atoms with Gasteiger partial charge in [-0.2, -0.15) is 0 Å². The molecule has 1 atom stereocenters. The van der Waals surface area contributed by atoms with Crippen molar-refractivity contribution in [3.8, 4) is 0 Å². The standard InChI is InChI=1S/C19H18N4S/c1-3-23-16-12-8-7-11-15(16)17-18(23)20-19(22-21-17)24-13(2)14-9-5-4-6-10-14/h4-13H,3H2,1-2H3. The molecule has 0 amide bonds. The van der Waals surface area contributed by atoms with Crippen LogP contribution in [0.1, 0.15) is 24.7 Å². The molecule has 0 N–H and O–H groups in total. The quantitative estimate of drug-likeness (QED) is 0.500. The molecular weight excluding hydrogens is 316 g/mol. The maximum Gasteiger partial charge on any atom is 0.211 e. The topological polar surface area (TPSA) is 43.6 Å². The van der Waals surface area contributed by atoms with E-state index in [2.05, 4.69) is 65.0 Å². The van der Waals surface area contributed by atoms with E-state index in [1.807, 2.05) is 18.2 Å². The van der Waals surface area contributed by atoms with Crippen LogP contribution in [0.4, 0.5) is 0 Å². The Morgan fingerprint density at radius 2 is 1.75 bits per heavy atom. The van der Waals surface area contributed by atoms with Gasteiger partial charge in [-0.15, -0.1) is 10.2 Å². The number of aryl methyl sites for hydroxylation is 1. The second-order valence-corrected chi connectivity index (χ2v) is 7.01. The Balaban J connectivity index is 1.77. The second kappa shape index (κ2) is 6.24. The molecule has 4 nitrogen and oxygen atoms in total. The van der Waals surface area contributed by atoms with E-state index in [4.69, 9.17) is 4.98 Å². The Labute approximate surface area is 144 Å². The number of hydrogen-bond acceptors (Lipinski definition) is 4. The smallest absolute Gasteiger partial charge is 0.211 e. The van der Waals surface area contributed by atoms with Crippen LogP contribution in [0.2, 0.25) is 0 Å². The highest BCUT2D eigenvalue weighted by Gasteiger charge is 2.15. The fourth-order valence-electron chi connectivity index (χ4n) is 3.01. The van der Waals surface area contributed by atoms with Gasteiger partial charge < -0.3 is 4.57 Å². The molecule has 0 radical (unpaired) electrons. The Morgan fingerprint density at radius 3 is 2.54 bits per heavy atom. The van der Waals surface area contributed by atoms with Gasteiger partial charge in [0.05, 0.1) is 5.52 Å². The van der Waals surface area contributed by atoms with Crippen LogP contribution in [0.15, 0.2) is 59.8 Å². The van der Waals surface area contributed by atoms with Crippen molar-refractivity contribution in [3.63, 3.8) is 0 Å². The molecular formula is C19H18N4S. The van der Waals surface area contributed by atoms with Crippen LogP contribution < -0.4 is 0 Å². The Morgan fingerprint density at radius 1 is 1.00 bits per heavy atom. The predicted molar refractivity (Wildman–Crippen MR) is 99.2 cm³/mol. The lowest BCUT2D eigenvalue weighted by molar-refractivity contribution is 0.788. The third-order valence-electron chi connectivity index (χ3n) is 4.22. The van der Waals surface area contributed by atoms with E-state index in [0.717, 1.165) is 33.8 Å². The van der Waals surface area contributed by atoms with Crippen molar-refractivity contribution in [2.75, 3.05) is 0 Å². The summed E-state index contributed by atoms with van der Waals surface area (Å²) in [6.45, 7) is 5.16. The maximum atomic E-state index is 4.80. The van der Waals surface area contributed by atoms with Crippen molar-refractivity contribution >= 4 is 33.8 Å². The van der Waals surface area contributed by atoms with Crippen molar-refractivity contribution in [1.82, 2.24) is 19.7 Å². The Kier molecular flexibility index (Phi) is 3.94. The number of para-hydroxylation sites is 1. The highest BCUT2D eigenvalue weighted by atomic mass is 32.2. The normalized spacial score (nSPS) is 12.8. The molecule has 0 spiro atoms. The van der Waals surface area contributed by atoms with E-state index < -0.39 is 0 Å². The highest BCUT2D eigenvalue weighted by molar-refractivity contribution is 7.99. The molecule has 0 bridgehead atoms. The number of nitrogens with zero attached hydrogens (tertiary/aromatic N) is 4. The molecule has 0 aliphatic carbocycles. The lowest BCUT2D eigenvalue weighted by Gasteiger charge is -2.10. The van der Waals surface area contributed by atoms with Gasteiger partial charge in [-0.05, 0) is 25.5 Å². The van der Waals surface area contributed by atoms with E-state index in [0.29, 0.717) is 0 Å². The number of benzene rings is 2. The van der Waals surface area contributed by atoms with Gasteiger partial charge >= 0.3 is 0 Å². The average molecular weight is 334 g/mol. The van der Waals surface area contributed by atoms with E-state index in [-0.39, 0.29) is 5.25 Å². The molecule has 4 rings (SSSR count). The molecule has 0 saturated carbocycles. The lowest BCUT2D eigenvalue weighted by Crippen LogP contribution is -1.99. The van der Waals surface area contributed by atoms with Gasteiger partial charge in [0.15, 0.2) is 5.65 Å². The van der Waals surface area contributed by atoms with Crippen LogP contribution in [0.3, 0.4) is 0 Å². The van der Waals surface area contributed by atoms with Crippen LogP contribution in [-0.4, -0.2) is 19.7 Å². The molecule has 2 heterocycles. The van der Waals surface area contributed by atoms with Gasteiger partial charge in [-0.3, -0.25) is 0 Å². The average Bonchev–Trinajstić information content (AvgIpc) is 2.95. The van der Waals surface area contributed by atoms with Gasteiger partial charge in [0.2, 0.25) is 5.16 Å². The molecule has 0 fully saturated rings. The number of rotatable bonds is 4. The summed E-state index contributed by atoms with van der Waals surface area (Å²) in [6.07, 6.45) is 0. The minimum Gasteiger partial charge on any atom is -0.324 e. The number of thioether (sulfide) groups is 1. The maximum absolute atomic E-state index is 4.80. The van der Waals surface area contributed by atoms with E-state index in [9.17, 15) is 0 Å². The molecule has 0 saturated heterocycles. The van der Waals surface area contributed by atoms with Crippen molar-refractivity contribution in [3.05, 3.63) is 60.2 Å². The number of hydrogen-bond donors (Lipinski definition) is 0. The third-order valence-corrected chi connectivity index (χ3v) is 5.23. The Hall–Kier alpha value is -2.40. The summed E-state index contributed by atoms with van der Waals surface area (Å²) in [7, 11) is 0. The van der Waals surface area contributed by atoms with Gasteiger partial charge in [0.1, 0.15) is 5.52 Å². The third kappa shape index (κ3) is 2.55. The van der Waals surface area contributed by atoms with Crippen LogP contribution >= 0.6 is 11.8 Å². The van der Waals surface area contributed by atoms with Crippen LogP contribution in [0.25, 0.3) is 22.1 Å². The summed E-state index contributed by atoms with van der Waals surface area (Å²) >= 11 is 1.64. The van der Waals surface area contributed by atoms with Gasteiger partial charge in [-0.1, -0.05) is 60.3 Å². The second-order valence-electron chi connectivity index (χ2n) is 5.70. The SMILES string of the molecule is CCn1c2ccccc2c2nnc(SC(C)c3ccccc3)nc21. The van der Waals surface area contributed by atoms with Crippen molar-refractivity contribution < 1.29 is 0 Å². The zero-order valence-electron chi connectivity index (χ0n) is 13.7. The first-order chi connectivity index (χ1) is 11.8. The summed E-state index contributed by atoms with van der Waals surface area (Å²) in [4.78, 5) is 4.80. The first kappa shape index (κ1) is 15.1. The molecule has 0 aliphatic heterocycles. The molecule has 120 valence electrons. The molecule has 0 aliphatic rings. The summed E-state index contributed by atoms with van der Waals surface area (Å²) < 4.78 is 2.20. The number of fused-ring (bicyclic) bond motifs is 3. The summed E-state index contributed by atoms with van der Waals surface area (Å²) in [5.41, 5.74) is 4.22. The monoisotopic (exact) mass is 334 g/mol. The fourth-order valence-corrected chi connectivity index (χ4v) is 3.85. The van der Waals surface area contributed by atoms with Gasteiger partial charge in [0, 0.05) is 17.2 Å². The van der Waals surface area contributed by atoms with Crippen molar-refractivity contribution in [2.24, 2.45) is 0 Å². The van der Waals surface area contributed by atoms with E-state index >= 15 is 0 Å². The lowest BCUT2D eigenvalue weighted by atomic mass is 10.2. The molecule has 2 aromatic heterocycles. The van der Waals surface area contributed by atoms with Gasteiger partial charge in [-0.25, -0.2) is 4.98 Å². The van der Waals surface area contributed by atoms with Crippen molar-refractivity contribution in [2.45, 2.75) is 30.8 Å². The fraction of sp³-hybridized carbons (Fsp3) is 0.211. The molecule has 5 heteroatoms. The highest BCUT2D eigenvalue weighted by Crippen LogP contribution is 2.34. The minimum atomic E-state index is 0.282. The van der Waals surface area contributed by atoms with Gasteiger partial charge in [0.25, 0.3) is 0 Å².